The van der Waals surface area contributed by atoms with Gasteiger partial charge >= 0.3 is 0 Å². The highest BCUT2D eigenvalue weighted by atomic mass is 79.9. The molecule has 17 heavy (non-hydrogen) atoms. The van der Waals surface area contributed by atoms with E-state index in [1.807, 2.05) is 22.9 Å². The minimum atomic E-state index is -0.133. The number of hydrogen-bond acceptors (Lipinski definition) is 3. The molecule has 0 radical (unpaired) electrons. The minimum absolute atomic E-state index is 0.133. The van der Waals surface area contributed by atoms with Gasteiger partial charge in [-0.25, -0.2) is 5.43 Å². The molecule has 2 aromatic rings. The van der Waals surface area contributed by atoms with Gasteiger partial charge in [-0.15, -0.1) is 0 Å². The topological polar surface area (TPSA) is 38.0 Å². The number of nitrogens with two attached hydrogens (primary N) is 1. The number of halogens is 3. The van der Waals surface area contributed by atoms with E-state index in [1.54, 1.807) is 17.4 Å². The van der Waals surface area contributed by atoms with Crippen molar-refractivity contribution < 1.29 is 0 Å². The van der Waals surface area contributed by atoms with Crippen molar-refractivity contribution in [1.29, 1.82) is 0 Å². The van der Waals surface area contributed by atoms with E-state index in [-0.39, 0.29) is 6.04 Å². The SMILES string of the molecule is NNC(c1cc(Cl)cc(Cl)c1)c1cscc1Br. The Kier molecular flexibility index (Phi) is 4.47. The normalized spacial score (nSPS) is 12.7. The van der Waals surface area contributed by atoms with Crippen LogP contribution in [0.2, 0.25) is 10.0 Å². The largest absolute Gasteiger partial charge is 0.271 e. The lowest BCUT2D eigenvalue weighted by atomic mass is 10.0. The van der Waals surface area contributed by atoms with Crippen molar-refractivity contribution >= 4 is 50.5 Å². The van der Waals surface area contributed by atoms with Gasteiger partial charge in [0.05, 0.1) is 6.04 Å². The molecule has 0 spiro atoms. The van der Waals surface area contributed by atoms with E-state index in [2.05, 4.69) is 21.4 Å². The molecule has 0 saturated heterocycles. The lowest BCUT2D eigenvalue weighted by molar-refractivity contribution is 0.637. The van der Waals surface area contributed by atoms with Gasteiger partial charge in [0.1, 0.15) is 0 Å². The highest BCUT2D eigenvalue weighted by Gasteiger charge is 2.17. The molecule has 2 rings (SSSR count). The summed E-state index contributed by atoms with van der Waals surface area (Å²) in [5.41, 5.74) is 4.78. The highest BCUT2D eigenvalue weighted by Crippen LogP contribution is 2.33. The number of thiophene rings is 1. The highest BCUT2D eigenvalue weighted by molar-refractivity contribution is 9.10. The quantitative estimate of drug-likeness (QED) is 0.636. The van der Waals surface area contributed by atoms with Gasteiger partial charge < -0.3 is 0 Å². The molecule has 0 fully saturated rings. The Labute approximate surface area is 122 Å². The molecule has 2 nitrogen and oxygen atoms in total. The lowest BCUT2D eigenvalue weighted by Gasteiger charge is -2.16. The van der Waals surface area contributed by atoms with Gasteiger partial charge in [0.2, 0.25) is 0 Å². The van der Waals surface area contributed by atoms with Crippen LogP contribution in [0.4, 0.5) is 0 Å². The summed E-state index contributed by atoms with van der Waals surface area (Å²) in [6.45, 7) is 0. The van der Waals surface area contributed by atoms with Gasteiger partial charge in [0.25, 0.3) is 0 Å². The smallest absolute Gasteiger partial charge is 0.0730 e. The van der Waals surface area contributed by atoms with Crippen molar-refractivity contribution in [3.05, 3.63) is 54.6 Å². The molecule has 0 bridgehead atoms. The summed E-state index contributed by atoms with van der Waals surface area (Å²) in [6, 6.07) is 5.26. The van der Waals surface area contributed by atoms with Crippen LogP contribution in [0.5, 0.6) is 0 Å². The van der Waals surface area contributed by atoms with Crippen LogP contribution in [0.1, 0.15) is 17.2 Å². The third kappa shape index (κ3) is 3.02. The predicted molar refractivity (Wildman–Crippen MR) is 77.6 cm³/mol. The van der Waals surface area contributed by atoms with Crippen molar-refractivity contribution in [2.75, 3.05) is 0 Å². The monoisotopic (exact) mass is 350 g/mol. The second-order valence-corrected chi connectivity index (χ2v) is 5.95. The molecule has 6 heteroatoms. The predicted octanol–water partition coefficient (Wildman–Crippen LogP) is 4.37. The Balaban J connectivity index is 2.45. The summed E-state index contributed by atoms with van der Waals surface area (Å²) < 4.78 is 1.02. The molecule has 1 atom stereocenters. The maximum atomic E-state index is 5.99. The molecule has 0 saturated carbocycles. The van der Waals surface area contributed by atoms with Crippen molar-refractivity contribution in [2.24, 2.45) is 5.84 Å². The molecule has 1 aromatic carbocycles. The summed E-state index contributed by atoms with van der Waals surface area (Å²) in [5, 5.41) is 5.23. The maximum absolute atomic E-state index is 5.99. The van der Waals surface area contributed by atoms with Gasteiger partial charge in [-0.1, -0.05) is 23.2 Å². The second kappa shape index (κ2) is 5.69. The van der Waals surface area contributed by atoms with E-state index in [4.69, 9.17) is 29.0 Å². The first-order valence-corrected chi connectivity index (χ1v) is 7.24. The Morgan fingerprint density at radius 1 is 1.18 bits per heavy atom. The number of nitrogens with one attached hydrogen (secondary N) is 1. The summed E-state index contributed by atoms with van der Waals surface area (Å²) in [7, 11) is 0. The zero-order chi connectivity index (χ0) is 12.4. The van der Waals surface area contributed by atoms with Crippen LogP contribution in [0.3, 0.4) is 0 Å². The molecule has 1 unspecified atom stereocenters. The number of rotatable bonds is 3. The molecule has 0 aliphatic heterocycles. The zero-order valence-electron chi connectivity index (χ0n) is 8.58. The van der Waals surface area contributed by atoms with Gasteiger partial charge in [0.15, 0.2) is 0 Å². The maximum Gasteiger partial charge on any atom is 0.0730 e. The molecule has 0 amide bonds. The molecular formula is C11H9BrCl2N2S. The first-order valence-electron chi connectivity index (χ1n) is 4.75. The summed E-state index contributed by atoms with van der Waals surface area (Å²) >= 11 is 17.1. The molecule has 0 aliphatic carbocycles. The van der Waals surface area contributed by atoms with E-state index in [9.17, 15) is 0 Å². The summed E-state index contributed by atoms with van der Waals surface area (Å²) in [5.74, 6) is 5.61. The third-order valence-corrected chi connectivity index (χ3v) is 4.53. The molecule has 0 aliphatic rings. The van der Waals surface area contributed by atoms with E-state index < -0.39 is 0 Å². The molecular weight excluding hydrogens is 343 g/mol. The Morgan fingerprint density at radius 3 is 2.29 bits per heavy atom. The zero-order valence-corrected chi connectivity index (χ0v) is 12.5. The first-order chi connectivity index (χ1) is 8.11. The van der Waals surface area contributed by atoms with Crippen LogP contribution in [0.15, 0.2) is 33.4 Å². The summed E-state index contributed by atoms with van der Waals surface area (Å²) in [6.07, 6.45) is 0. The number of hydrazine groups is 1. The van der Waals surface area contributed by atoms with Crippen LogP contribution in [0.25, 0.3) is 0 Å². The van der Waals surface area contributed by atoms with Crippen LogP contribution in [0, 0.1) is 0 Å². The van der Waals surface area contributed by atoms with Crippen molar-refractivity contribution in [2.45, 2.75) is 6.04 Å². The molecule has 90 valence electrons. The fourth-order valence-corrected chi connectivity index (χ4v) is 3.70. The summed E-state index contributed by atoms with van der Waals surface area (Å²) in [4.78, 5) is 0. The standard InChI is InChI=1S/C11H9BrCl2N2S/c12-10-5-17-4-9(10)11(16-15)6-1-7(13)3-8(14)2-6/h1-5,11,16H,15H2. The minimum Gasteiger partial charge on any atom is -0.271 e. The lowest BCUT2D eigenvalue weighted by Crippen LogP contribution is -2.28. The van der Waals surface area contributed by atoms with E-state index in [0.717, 1.165) is 15.6 Å². The Bertz CT molecular complexity index is 510. The van der Waals surface area contributed by atoms with Crippen LogP contribution in [-0.4, -0.2) is 0 Å². The molecule has 1 heterocycles. The third-order valence-electron chi connectivity index (χ3n) is 2.34. The number of hydrogen-bond donors (Lipinski definition) is 2. The average Bonchev–Trinajstić information content (AvgIpc) is 2.65. The van der Waals surface area contributed by atoms with Crippen LogP contribution < -0.4 is 11.3 Å². The first kappa shape index (κ1) is 13.3. The van der Waals surface area contributed by atoms with Gasteiger partial charge in [-0.3, -0.25) is 5.84 Å². The van der Waals surface area contributed by atoms with Crippen LogP contribution >= 0.6 is 50.5 Å². The van der Waals surface area contributed by atoms with Gasteiger partial charge in [0, 0.05) is 19.9 Å². The second-order valence-electron chi connectivity index (χ2n) is 3.48. The van der Waals surface area contributed by atoms with E-state index in [0.29, 0.717) is 10.0 Å². The molecule has 3 N–H and O–H groups in total. The Morgan fingerprint density at radius 2 is 1.82 bits per heavy atom. The Hall–Kier alpha value is -0.100. The van der Waals surface area contributed by atoms with E-state index >= 15 is 0 Å². The fourth-order valence-electron chi connectivity index (χ4n) is 1.60. The molecule has 1 aromatic heterocycles. The average molecular weight is 352 g/mol. The van der Waals surface area contributed by atoms with E-state index in [1.165, 1.54) is 0 Å². The number of benzene rings is 1. The van der Waals surface area contributed by atoms with Crippen molar-refractivity contribution in [3.8, 4) is 0 Å². The fraction of sp³-hybridized carbons (Fsp3) is 0.0909. The van der Waals surface area contributed by atoms with Crippen LogP contribution in [-0.2, 0) is 0 Å². The van der Waals surface area contributed by atoms with Crippen molar-refractivity contribution in [1.82, 2.24) is 5.43 Å². The van der Waals surface area contributed by atoms with Gasteiger partial charge in [-0.2, -0.15) is 11.3 Å². The van der Waals surface area contributed by atoms with Crippen molar-refractivity contribution in [3.63, 3.8) is 0 Å². The van der Waals surface area contributed by atoms with Gasteiger partial charge in [-0.05, 0) is 50.6 Å².